The highest BCUT2D eigenvalue weighted by Gasteiger charge is 2.35. The Labute approximate surface area is 218 Å². The van der Waals surface area contributed by atoms with Crippen molar-refractivity contribution in [3.05, 3.63) is 88.9 Å². The van der Waals surface area contributed by atoms with Gasteiger partial charge in [-0.2, -0.15) is 0 Å². The maximum absolute atomic E-state index is 12.4. The maximum Gasteiger partial charge on any atom is 0.262 e. The number of benzene rings is 3. The smallest absolute Gasteiger partial charge is 0.262 e. The summed E-state index contributed by atoms with van der Waals surface area (Å²) in [4.78, 5) is 12.4. The third kappa shape index (κ3) is 6.59. The van der Waals surface area contributed by atoms with Gasteiger partial charge in [0.05, 0.1) is 19.3 Å². The van der Waals surface area contributed by atoms with Crippen LogP contribution in [0, 0.1) is 11.8 Å². The molecule has 0 aliphatic carbocycles. The second-order valence-electron chi connectivity index (χ2n) is 9.48. The van der Waals surface area contributed by atoms with E-state index in [0.29, 0.717) is 36.5 Å². The zero-order valence-electron chi connectivity index (χ0n) is 21.1. The molecule has 0 unspecified atom stereocenters. The Morgan fingerprint density at radius 1 is 1.03 bits per heavy atom. The first-order valence-corrected chi connectivity index (χ1v) is 12.9. The molecule has 3 aromatic carbocycles. The minimum absolute atomic E-state index is 0.0371. The molecule has 36 heavy (non-hydrogen) atoms. The van der Waals surface area contributed by atoms with Crippen LogP contribution >= 0.6 is 11.6 Å². The van der Waals surface area contributed by atoms with E-state index in [-0.39, 0.29) is 24.5 Å². The molecule has 4 rings (SSSR count). The molecule has 190 valence electrons. The lowest BCUT2D eigenvalue weighted by atomic mass is 9.76. The number of halogens is 1. The molecule has 0 spiro atoms. The minimum atomic E-state index is -0.221. The van der Waals surface area contributed by atoms with Crippen molar-refractivity contribution < 1.29 is 19.0 Å². The van der Waals surface area contributed by atoms with Gasteiger partial charge in [0.15, 0.2) is 6.61 Å². The van der Waals surface area contributed by atoms with E-state index in [1.165, 1.54) is 0 Å². The van der Waals surface area contributed by atoms with Gasteiger partial charge in [-0.05, 0) is 78.8 Å². The highest BCUT2D eigenvalue weighted by atomic mass is 35.5. The van der Waals surface area contributed by atoms with Gasteiger partial charge in [-0.1, -0.05) is 55.8 Å². The van der Waals surface area contributed by atoms with Crippen LogP contribution in [0.15, 0.2) is 72.8 Å². The normalized spacial score (nSPS) is 19.6. The predicted octanol–water partition coefficient (Wildman–Crippen LogP) is 7.27. The van der Waals surface area contributed by atoms with Gasteiger partial charge in [-0.3, -0.25) is 4.79 Å². The third-order valence-electron chi connectivity index (χ3n) is 6.63. The van der Waals surface area contributed by atoms with Crippen LogP contribution in [-0.4, -0.2) is 25.7 Å². The van der Waals surface area contributed by atoms with Crippen LogP contribution in [0.25, 0.3) is 0 Å². The molecule has 0 aromatic heterocycles. The van der Waals surface area contributed by atoms with Gasteiger partial charge < -0.3 is 19.5 Å². The zero-order chi connectivity index (χ0) is 25.5. The van der Waals surface area contributed by atoms with E-state index >= 15 is 0 Å². The van der Waals surface area contributed by atoms with Crippen molar-refractivity contribution >= 4 is 23.2 Å². The van der Waals surface area contributed by atoms with Crippen LogP contribution in [0.2, 0.25) is 5.02 Å². The Bertz CT molecular complexity index is 1150. The van der Waals surface area contributed by atoms with Crippen molar-refractivity contribution in [3.63, 3.8) is 0 Å². The Balaban J connectivity index is 1.38. The standard InChI is InChI=1S/C30H34ClNO4/c1-4-34-24-14-12-23(13-15-24)32-29(33)19-35-25-9-7-8-21(16-25)30-27(20(2)3)17-22(18-36-30)26-10-5-6-11-28(26)31/h5-16,20,22,27,30H,4,17-19H2,1-3H3,(H,32,33)/t22-,27-,30-/m0/s1. The lowest BCUT2D eigenvalue weighted by Crippen LogP contribution is -2.31. The lowest BCUT2D eigenvalue weighted by molar-refractivity contribution is -0.118. The summed E-state index contributed by atoms with van der Waals surface area (Å²) in [5.74, 6) is 2.23. The van der Waals surface area contributed by atoms with Crippen LogP contribution in [0.3, 0.4) is 0 Å². The summed E-state index contributed by atoms with van der Waals surface area (Å²) in [7, 11) is 0. The van der Waals surface area contributed by atoms with E-state index in [1.54, 1.807) is 0 Å². The SMILES string of the molecule is CCOc1ccc(NC(=O)COc2cccc([C@@H]3OC[C@@H](c4ccccc4Cl)C[C@H]3C(C)C)c2)cc1. The molecule has 1 N–H and O–H groups in total. The summed E-state index contributed by atoms with van der Waals surface area (Å²) in [5, 5.41) is 3.65. The van der Waals surface area contributed by atoms with Crippen molar-refractivity contribution in [2.24, 2.45) is 11.8 Å². The van der Waals surface area contributed by atoms with Crippen LogP contribution in [-0.2, 0) is 9.53 Å². The molecule has 0 radical (unpaired) electrons. The van der Waals surface area contributed by atoms with Crippen LogP contribution in [0.4, 0.5) is 5.69 Å². The Morgan fingerprint density at radius 2 is 1.81 bits per heavy atom. The van der Waals surface area contributed by atoms with Crippen LogP contribution < -0.4 is 14.8 Å². The van der Waals surface area contributed by atoms with Crippen molar-refractivity contribution in [1.29, 1.82) is 0 Å². The van der Waals surface area contributed by atoms with Gasteiger partial charge >= 0.3 is 0 Å². The molecule has 1 aliphatic rings. The van der Waals surface area contributed by atoms with Crippen LogP contribution in [0.1, 0.15) is 50.3 Å². The molecular weight excluding hydrogens is 474 g/mol. The van der Waals surface area contributed by atoms with Crippen LogP contribution in [0.5, 0.6) is 11.5 Å². The molecule has 1 aliphatic heterocycles. The Morgan fingerprint density at radius 3 is 2.53 bits per heavy atom. The number of anilines is 1. The van der Waals surface area contributed by atoms with Crippen molar-refractivity contribution in [2.75, 3.05) is 25.1 Å². The average Bonchev–Trinajstić information content (AvgIpc) is 2.89. The first-order chi connectivity index (χ1) is 17.4. The van der Waals surface area contributed by atoms with E-state index in [9.17, 15) is 4.79 Å². The number of rotatable bonds is 9. The van der Waals surface area contributed by atoms with E-state index in [2.05, 4.69) is 31.3 Å². The molecule has 6 heteroatoms. The molecule has 1 amide bonds. The number of nitrogens with one attached hydrogen (secondary N) is 1. The van der Waals surface area contributed by atoms with E-state index in [0.717, 1.165) is 28.3 Å². The average molecular weight is 508 g/mol. The summed E-state index contributed by atoms with van der Waals surface area (Å²) < 4.78 is 17.7. The van der Waals surface area contributed by atoms with Crippen molar-refractivity contribution in [2.45, 2.75) is 39.2 Å². The number of hydrogen-bond donors (Lipinski definition) is 1. The molecule has 5 nitrogen and oxygen atoms in total. The van der Waals surface area contributed by atoms with Gasteiger partial charge in [0.25, 0.3) is 5.91 Å². The van der Waals surface area contributed by atoms with Crippen molar-refractivity contribution in [1.82, 2.24) is 0 Å². The fourth-order valence-corrected chi connectivity index (χ4v) is 5.07. The monoisotopic (exact) mass is 507 g/mol. The van der Waals surface area contributed by atoms with Gasteiger partial charge in [-0.15, -0.1) is 0 Å². The van der Waals surface area contributed by atoms with Gasteiger partial charge in [0.2, 0.25) is 0 Å². The molecule has 3 atom stereocenters. The molecule has 0 saturated carbocycles. The third-order valence-corrected chi connectivity index (χ3v) is 6.97. The number of carbonyl (C=O) groups excluding carboxylic acids is 1. The first-order valence-electron chi connectivity index (χ1n) is 12.6. The summed E-state index contributed by atoms with van der Waals surface area (Å²) in [6.07, 6.45) is 0.965. The molecule has 1 heterocycles. The fraction of sp³-hybridized carbons (Fsp3) is 0.367. The maximum atomic E-state index is 12.4. The lowest BCUT2D eigenvalue weighted by Gasteiger charge is -2.39. The van der Waals surface area contributed by atoms with E-state index in [4.69, 9.17) is 25.8 Å². The highest BCUT2D eigenvalue weighted by Crippen LogP contribution is 2.45. The predicted molar refractivity (Wildman–Crippen MR) is 144 cm³/mol. The topological polar surface area (TPSA) is 56.8 Å². The zero-order valence-corrected chi connectivity index (χ0v) is 21.8. The fourth-order valence-electron chi connectivity index (χ4n) is 4.78. The minimum Gasteiger partial charge on any atom is -0.494 e. The summed E-state index contributed by atoms with van der Waals surface area (Å²) in [6, 6.07) is 23.2. The first kappa shape index (κ1) is 26.1. The Hall–Kier alpha value is -3.02. The summed E-state index contributed by atoms with van der Waals surface area (Å²) >= 11 is 6.48. The van der Waals surface area contributed by atoms with E-state index in [1.807, 2.05) is 67.6 Å². The Kier molecular flexibility index (Phi) is 8.89. The largest absolute Gasteiger partial charge is 0.494 e. The number of amides is 1. The van der Waals surface area contributed by atoms with E-state index < -0.39 is 0 Å². The summed E-state index contributed by atoms with van der Waals surface area (Å²) in [6.45, 7) is 7.55. The molecule has 1 saturated heterocycles. The van der Waals surface area contributed by atoms with Gasteiger partial charge in [0, 0.05) is 16.6 Å². The van der Waals surface area contributed by atoms with Gasteiger partial charge in [-0.25, -0.2) is 0 Å². The molecule has 0 bridgehead atoms. The molecule has 3 aromatic rings. The second kappa shape index (κ2) is 12.3. The highest BCUT2D eigenvalue weighted by molar-refractivity contribution is 6.31. The number of carbonyl (C=O) groups is 1. The molecular formula is C30H34ClNO4. The summed E-state index contributed by atoms with van der Waals surface area (Å²) in [5.41, 5.74) is 2.92. The number of ether oxygens (including phenoxy) is 3. The van der Waals surface area contributed by atoms with Crippen molar-refractivity contribution in [3.8, 4) is 11.5 Å². The quantitative estimate of drug-likeness (QED) is 0.331. The molecule has 1 fully saturated rings. The second-order valence-corrected chi connectivity index (χ2v) is 9.89. The van der Waals surface area contributed by atoms with Gasteiger partial charge in [0.1, 0.15) is 11.5 Å². The number of hydrogen-bond acceptors (Lipinski definition) is 4.